The smallest absolute Gasteiger partial charge is 0.272 e. The van der Waals surface area contributed by atoms with Crippen LogP contribution in [0.4, 0.5) is 5.69 Å². The molecule has 0 saturated carbocycles. The summed E-state index contributed by atoms with van der Waals surface area (Å²) in [7, 11) is 1.63. The minimum atomic E-state index is -0.364. The Kier molecular flexibility index (Phi) is 4.06. The number of nitrogens with zero attached hydrogens (tertiary/aromatic N) is 1. The molecule has 2 aromatic carbocycles. The van der Waals surface area contributed by atoms with E-state index in [1.807, 2.05) is 30.3 Å². The molecular formula is C14H13NO3S. The van der Waals surface area contributed by atoms with E-state index in [1.165, 1.54) is 0 Å². The zero-order chi connectivity index (χ0) is 13.8. The SMILES string of the molecule is COc1ccc(Sc2ccc([N+](=O)[O-])c(C)c2)cc1. The van der Waals surface area contributed by atoms with E-state index in [1.54, 1.807) is 37.9 Å². The molecule has 0 aliphatic rings. The minimum absolute atomic E-state index is 0.152. The van der Waals surface area contributed by atoms with Crippen LogP contribution in [0.5, 0.6) is 5.75 Å². The maximum absolute atomic E-state index is 10.7. The van der Waals surface area contributed by atoms with Gasteiger partial charge in [-0.1, -0.05) is 11.8 Å². The Balaban J connectivity index is 2.18. The van der Waals surface area contributed by atoms with Gasteiger partial charge in [0.05, 0.1) is 12.0 Å². The summed E-state index contributed by atoms with van der Waals surface area (Å²) in [6.07, 6.45) is 0. The van der Waals surface area contributed by atoms with E-state index >= 15 is 0 Å². The predicted octanol–water partition coefficient (Wildman–Crippen LogP) is 4.06. The van der Waals surface area contributed by atoms with Crippen molar-refractivity contribution in [1.29, 1.82) is 0 Å². The molecular weight excluding hydrogens is 262 g/mol. The summed E-state index contributed by atoms with van der Waals surface area (Å²) in [5, 5.41) is 10.7. The van der Waals surface area contributed by atoms with E-state index in [0.717, 1.165) is 15.5 Å². The normalized spacial score (nSPS) is 10.2. The maximum Gasteiger partial charge on any atom is 0.272 e. The molecule has 0 bridgehead atoms. The fraction of sp³-hybridized carbons (Fsp3) is 0.143. The van der Waals surface area contributed by atoms with Crippen molar-refractivity contribution in [3.05, 3.63) is 58.1 Å². The van der Waals surface area contributed by atoms with E-state index in [-0.39, 0.29) is 10.6 Å². The average molecular weight is 275 g/mol. The number of nitro benzene ring substituents is 1. The minimum Gasteiger partial charge on any atom is -0.497 e. The summed E-state index contributed by atoms with van der Waals surface area (Å²) >= 11 is 1.56. The van der Waals surface area contributed by atoms with Gasteiger partial charge in [0, 0.05) is 21.4 Å². The van der Waals surface area contributed by atoms with E-state index in [2.05, 4.69) is 0 Å². The van der Waals surface area contributed by atoms with Crippen LogP contribution in [0.25, 0.3) is 0 Å². The third-order valence-corrected chi connectivity index (χ3v) is 3.66. The molecule has 98 valence electrons. The Morgan fingerprint density at radius 3 is 2.26 bits per heavy atom. The second kappa shape index (κ2) is 5.75. The van der Waals surface area contributed by atoms with Crippen LogP contribution in [0, 0.1) is 17.0 Å². The lowest BCUT2D eigenvalue weighted by atomic mass is 10.2. The summed E-state index contributed by atoms with van der Waals surface area (Å²) < 4.78 is 5.10. The zero-order valence-electron chi connectivity index (χ0n) is 10.6. The molecule has 0 heterocycles. The Bertz CT molecular complexity index is 596. The molecule has 0 aromatic heterocycles. The first-order chi connectivity index (χ1) is 9.10. The van der Waals surface area contributed by atoms with Crippen LogP contribution in [-0.2, 0) is 0 Å². The van der Waals surface area contributed by atoms with Gasteiger partial charge >= 0.3 is 0 Å². The van der Waals surface area contributed by atoms with Gasteiger partial charge in [0.1, 0.15) is 5.75 Å². The predicted molar refractivity (Wildman–Crippen MR) is 75.0 cm³/mol. The van der Waals surface area contributed by atoms with Crippen LogP contribution >= 0.6 is 11.8 Å². The van der Waals surface area contributed by atoms with Gasteiger partial charge in [-0.2, -0.15) is 0 Å². The second-order valence-electron chi connectivity index (χ2n) is 3.98. The van der Waals surface area contributed by atoms with Crippen molar-refractivity contribution in [2.45, 2.75) is 16.7 Å². The highest BCUT2D eigenvalue weighted by atomic mass is 32.2. The maximum atomic E-state index is 10.7. The van der Waals surface area contributed by atoms with Gasteiger partial charge in [0.25, 0.3) is 5.69 Å². The fourth-order valence-corrected chi connectivity index (χ4v) is 2.59. The van der Waals surface area contributed by atoms with Crippen molar-refractivity contribution in [2.75, 3.05) is 7.11 Å². The van der Waals surface area contributed by atoms with E-state index < -0.39 is 0 Å². The van der Waals surface area contributed by atoms with Crippen LogP contribution in [0.15, 0.2) is 52.3 Å². The summed E-state index contributed by atoms with van der Waals surface area (Å²) in [6.45, 7) is 1.75. The molecule has 5 heteroatoms. The van der Waals surface area contributed by atoms with Crippen molar-refractivity contribution >= 4 is 17.4 Å². The number of benzene rings is 2. The topological polar surface area (TPSA) is 52.4 Å². The molecule has 0 radical (unpaired) electrons. The second-order valence-corrected chi connectivity index (χ2v) is 5.13. The Morgan fingerprint density at radius 2 is 1.74 bits per heavy atom. The van der Waals surface area contributed by atoms with Crippen LogP contribution in [0.1, 0.15) is 5.56 Å². The fourth-order valence-electron chi connectivity index (χ4n) is 1.68. The summed E-state index contributed by atoms with van der Waals surface area (Å²) in [4.78, 5) is 12.4. The number of aryl methyl sites for hydroxylation is 1. The van der Waals surface area contributed by atoms with E-state index in [0.29, 0.717) is 5.56 Å². The van der Waals surface area contributed by atoms with Gasteiger partial charge in [-0.05, 0) is 43.3 Å². The van der Waals surface area contributed by atoms with Crippen molar-refractivity contribution in [3.8, 4) is 5.75 Å². The highest BCUT2D eigenvalue weighted by molar-refractivity contribution is 7.99. The molecule has 0 fully saturated rings. The Hall–Kier alpha value is -2.01. The number of hydrogen-bond acceptors (Lipinski definition) is 4. The van der Waals surface area contributed by atoms with Crippen LogP contribution in [0.3, 0.4) is 0 Å². The van der Waals surface area contributed by atoms with Crippen LogP contribution < -0.4 is 4.74 Å². The van der Waals surface area contributed by atoms with E-state index in [4.69, 9.17) is 4.74 Å². The lowest BCUT2D eigenvalue weighted by Gasteiger charge is -2.04. The van der Waals surface area contributed by atoms with Crippen LogP contribution in [-0.4, -0.2) is 12.0 Å². The lowest BCUT2D eigenvalue weighted by molar-refractivity contribution is -0.385. The molecule has 0 atom stereocenters. The lowest BCUT2D eigenvalue weighted by Crippen LogP contribution is -1.91. The molecule has 0 N–H and O–H groups in total. The van der Waals surface area contributed by atoms with Gasteiger partial charge in [0.15, 0.2) is 0 Å². The van der Waals surface area contributed by atoms with Gasteiger partial charge < -0.3 is 4.74 Å². The van der Waals surface area contributed by atoms with Gasteiger partial charge in [-0.3, -0.25) is 10.1 Å². The summed E-state index contributed by atoms with van der Waals surface area (Å²) in [5.74, 6) is 0.809. The molecule has 0 saturated heterocycles. The number of nitro groups is 1. The molecule has 0 spiro atoms. The number of rotatable bonds is 4. The van der Waals surface area contributed by atoms with Gasteiger partial charge in [-0.15, -0.1) is 0 Å². The first-order valence-electron chi connectivity index (χ1n) is 5.67. The highest BCUT2D eigenvalue weighted by Crippen LogP contribution is 2.31. The first kappa shape index (κ1) is 13.4. The number of methoxy groups -OCH3 is 1. The molecule has 0 aliphatic heterocycles. The largest absolute Gasteiger partial charge is 0.497 e. The average Bonchev–Trinajstić information content (AvgIpc) is 2.39. The monoisotopic (exact) mass is 275 g/mol. The molecule has 0 amide bonds. The first-order valence-corrected chi connectivity index (χ1v) is 6.49. The Morgan fingerprint density at radius 1 is 1.11 bits per heavy atom. The molecule has 0 unspecified atom stereocenters. The molecule has 2 rings (SSSR count). The zero-order valence-corrected chi connectivity index (χ0v) is 11.4. The summed E-state index contributed by atoms with van der Waals surface area (Å²) in [6, 6.07) is 12.8. The van der Waals surface area contributed by atoms with Gasteiger partial charge in [0.2, 0.25) is 0 Å². The van der Waals surface area contributed by atoms with Gasteiger partial charge in [-0.25, -0.2) is 0 Å². The summed E-state index contributed by atoms with van der Waals surface area (Å²) in [5.41, 5.74) is 0.822. The van der Waals surface area contributed by atoms with Crippen molar-refractivity contribution in [2.24, 2.45) is 0 Å². The number of ether oxygens (including phenoxy) is 1. The number of hydrogen-bond donors (Lipinski definition) is 0. The van der Waals surface area contributed by atoms with E-state index in [9.17, 15) is 10.1 Å². The van der Waals surface area contributed by atoms with Crippen molar-refractivity contribution in [3.63, 3.8) is 0 Å². The Labute approximate surface area is 115 Å². The third-order valence-electron chi connectivity index (χ3n) is 2.66. The van der Waals surface area contributed by atoms with Crippen molar-refractivity contribution < 1.29 is 9.66 Å². The third kappa shape index (κ3) is 3.26. The molecule has 4 nitrogen and oxygen atoms in total. The standard InChI is InChI=1S/C14H13NO3S/c1-10-9-13(7-8-14(10)15(16)17)19-12-5-3-11(18-2)4-6-12/h3-9H,1-2H3. The van der Waals surface area contributed by atoms with Crippen molar-refractivity contribution in [1.82, 2.24) is 0 Å². The molecule has 2 aromatic rings. The molecule has 0 aliphatic carbocycles. The van der Waals surface area contributed by atoms with Crippen LogP contribution in [0.2, 0.25) is 0 Å². The molecule has 19 heavy (non-hydrogen) atoms. The highest BCUT2D eigenvalue weighted by Gasteiger charge is 2.10. The quantitative estimate of drug-likeness (QED) is 0.623.